The minimum absolute atomic E-state index is 0.159. The van der Waals surface area contributed by atoms with Gasteiger partial charge in [-0.2, -0.15) is 0 Å². The molecular formula is C26H26FN5O. The van der Waals surface area contributed by atoms with E-state index in [1.54, 1.807) is 24.5 Å². The van der Waals surface area contributed by atoms with Gasteiger partial charge in [-0.15, -0.1) is 0 Å². The third kappa shape index (κ3) is 4.92. The first-order chi connectivity index (χ1) is 16.2. The van der Waals surface area contributed by atoms with Crippen LogP contribution in [-0.2, 0) is 4.79 Å². The zero-order chi connectivity index (χ0) is 22.6. The van der Waals surface area contributed by atoms with Gasteiger partial charge in [-0.05, 0) is 61.9 Å². The van der Waals surface area contributed by atoms with E-state index in [9.17, 15) is 9.18 Å². The number of hydrogen-bond acceptors (Lipinski definition) is 5. The molecule has 168 valence electrons. The number of nitrogens with one attached hydrogen (secondary N) is 1. The van der Waals surface area contributed by atoms with Crippen molar-refractivity contribution in [3.05, 3.63) is 78.7 Å². The number of halogens is 1. The molecule has 5 rings (SSSR count). The summed E-state index contributed by atoms with van der Waals surface area (Å²) in [6.07, 6.45) is 12.1. The Labute approximate surface area is 192 Å². The number of likely N-dealkylation sites (tertiary alicyclic amines) is 1. The fraction of sp³-hybridized carbons (Fsp3) is 0.308. The molecule has 1 aromatic carbocycles. The Morgan fingerprint density at radius 1 is 1.12 bits per heavy atom. The molecule has 6 nitrogen and oxygen atoms in total. The number of amides is 1. The normalized spacial score (nSPS) is 19.7. The number of carbonyl (C=O) groups excluding carboxylic acids is 1. The molecule has 0 spiro atoms. The summed E-state index contributed by atoms with van der Waals surface area (Å²) in [7, 11) is 0. The number of benzene rings is 1. The molecule has 1 aliphatic heterocycles. The van der Waals surface area contributed by atoms with E-state index in [0.717, 1.165) is 43.5 Å². The molecule has 1 fully saturated rings. The third-order valence-corrected chi connectivity index (χ3v) is 6.24. The molecular weight excluding hydrogens is 417 g/mol. The highest BCUT2D eigenvalue weighted by atomic mass is 19.1. The Bertz CT molecular complexity index is 1170. The number of pyridine rings is 1. The molecule has 0 bridgehead atoms. The first kappa shape index (κ1) is 21.2. The van der Waals surface area contributed by atoms with Gasteiger partial charge in [0.25, 0.3) is 0 Å². The number of aromatic nitrogens is 3. The maximum Gasteiger partial charge on any atom is 0.223 e. The number of anilines is 2. The number of allylic oxidation sites excluding steroid dienone is 2. The van der Waals surface area contributed by atoms with Crippen LogP contribution in [0.2, 0.25) is 0 Å². The Balaban J connectivity index is 1.47. The van der Waals surface area contributed by atoms with E-state index in [0.29, 0.717) is 29.7 Å². The van der Waals surface area contributed by atoms with Crippen LogP contribution in [0.4, 0.5) is 15.9 Å². The molecule has 1 aliphatic carbocycles. The molecule has 2 atom stereocenters. The standard InChI is InChI=1S/C26H26FN5O/c27-20-7-3-8-21(16-20)29-24-17-22(19-10-12-28-13-11-19)30-26(31-24)23-9-4-14-32(23)25(33)15-18-5-1-2-6-18/h1,3,5,7-8,10-13,16-18,23H,2,4,6,9,14-15H2,(H,29,30,31). The van der Waals surface area contributed by atoms with Crippen molar-refractivity contribution in [1.82, 2.24) is 19.9 Å². The van der Waals surface area contributed by atoms with Crippen LogP contribution in [0.3, 0.4) is 0 Å². The van der Waals surface area contributed by atoms with Gasteiger partial charge in [-0.25, -0.2) is 14.4 Å². The number of nitrogens with zero attached hydrogens (tertiary/aromatic N) is 4. The van der Waals surface area contributed by atoms with Crippen molar-refractivity contribution in [3.8, 4) is 11.3 Å². The van der Waals surface area contributed by atoms with Crippen LogP contribution < -0.4 is 5.32 Å². The van der Waals surface area contributed by atoms with Crippen molar-refractivity contribution in [2.75, 3.05) is 11.9 Å². The van der Waals surface area contributed by atoms with Gasteiger partial charge in [0.1, 0.15) is 11.6 Å². The van der Waals surface area contributed by atoms with Crippen LogP contribution in [0.25, 0.3) is 11.3 Å². The Morgan fingerprint density at radius 2 is 2.00 bits per heavy atom. The average Bonchev–Trinajstić information content (AvgIpc) is 3.52. The predicted molar refractivity (Wildman–Crippen MR) is 125 cm³/mol. The molecule has 33 heavy (non-hydrogen) atoms. The van der Waals surface area contributed by atoms with Gasteiger partial charge in [-0.3, -0.25) is 9.78 Å². The lowest BCUT2D eigenvalue weighted by molar-refractivity contribution is -0.133. The van der Waals surface area contributed by atoms with Gasteiger partial charge in [0.2, 0.25) is 5.91 Å². The zero-order valence-corrected chi connectivity index (χ0v) is 18.3. The minimum atomic E-state index is -0.322. The lowest BCUT2D eigenvalue weighted by Gasteiger charge is -2.25. The molecule has 2 aromatic heterocycles. The molecule has 0 saturated carbocycles. The second-order valence-electron chi connectivity index (χ2n) is 8.58. The van der Waals surface area contributed by atoms with E-state index in [1.807, 2.05) is 23.1 Å². The molecule has 0 radical (unpaired) electrons. The van der Waals surface area contributed by atoms with Crippen molar-refractivity contribution < 1.29 is 9.18 Å². The van der Waals surface area contributed by atoms with Crippen LogP contribution in [0.5, 0.6) is 0 Å². The maximum absolute atomic E-state index is 13.7. The van der Waals surface area contributed by atoms with Gasteiger partial charge >= 0.3 is 0 Å². The highest BCUT2D eigenvalue weighted by molar-refractivity contribution is 5.77. The summed E-state index contributed by atoms with van der Waals surface area (Å²) in [5.74, 6) is 1.34. The van der Waals surface area contributed by atoms with E-state index in [2.05, 4.69) is 22.5 Å². The minimum Gasteiger partial charge on any atom is -0.340 e. The first-order valence-electron chi connectivity index (χ1n) is 11.4. The van der Waals surface area contributed by atoms with Gasteiger partial charge in [-0.1, -0.05) is 18.2 Å². The summed E-state index contributed by atoms with van der Waals surface area (Å²) in [5.41, 5.74) is 2.25. The van der Waals surface area contributed by atoms with Crippen molar-refractivity contribution in [2.45, 2.75) is 38.1 Å². The van der Waals surface area contributed by atoms with E-state index < -0.39 is 0 Å². The average molecular weight is 444 g/mol. The summed E-state index contributed by atoms with van der Waals surface area (Å²) in [6.45, 7) is 0.718. The summed E-state index contributed by atoms with van der Waals surface area (Å²) in [4.78, 5) is 28.8. The molecule has 1 amide bonds. The van der Waals surface area contributed by atoms with Gasteiger partial charge < -0.3 is 10.2 Å². The van der Waals surface area contributed by atoms with Gasteiger partial charge in [0.05, 0.1) is 11.7 Å². The summed E-state index contributed by atoms with van der Waals surface area (Å²) in [5, 5.41) is 3.20. The Hall–Kier alpha value is -3.61. The molecule has 2 unspecified atom stereocenters. The van der Waals surface area contributed by atoms with Crippen LogP contribution in [0.1, 0.15) is 44.0 Å². The lowest BCUT2D eigenvalue weighted by Crippen LogP contribution is -2.32. The largest absolute Gasteiger partial charge is 0.340 e. The molecule has 3 heterocycles. The van der Waals surface area contributed by atoms with Crippen LogP contribution >= 0.6 is 0 Å². The van der Waals surface area contributed by atoms with Gasteiger partial charge in [0.15, 0.2) is 5.82 Å². The Morgan fingerprint density at radius 3 is 2.79 bits per heavy atom. The SMILES string of the molecule is O=C(CC1C=CCC1)N1CCCC1c1nc(Nc2cccc(F)c2)cc(-c2ccncc2)n1. The molecule has 2 aliphatic rings. The monoisotopic (exact) mass is 443 g/mol. The summed E-state index contributed by atoms with van der Waals surface area (Å²) < 4.78 is 13.7. The number of carbonyl (C=O) groups is 1. The summed E-state index contributed by atoms with van der Waals surface area (Å²) >= 11 is 0. The highest BCUT2D eigenvalue weighted by Crippen LogP contribution is 2.34. The summed E-state index contributed by atoms with van der Waals surface area (Å²) in [6, 6.07) is 11.7. The van der Waals surface area contributed by atoms with Crippen LogP contribution in [0.15, 0.2) is 67.0 Å². The number of rotatable bonds is 6. The zero-order valence-electron chi connectivity index (χ0n) is 18.3. The van der Waals surface area contributed by atoms with E-state index in [-0.39, 0.29) is 17.8 Å². The third-order valence-electron chi connectivity index (χ3n) is 6.24. The van der Waals surface area contributed by atoms with E-state index in [4.69, 9.17) is 9.97 Å². The van der Waals surface area contributed by atoms with Crippen LogP contribution in [-0.4, -0.2) is 32.3 Å². The van der Waals surface area contributed by atoms with Crippen molar-refractivity contribution >= 4 is 17.4 Å². The fourth-order valence-corrected chi connectivity index (χ4v) is 4.60. The van der Waals surface area contributed by atoms with Crippen LogP contribution in [0, 0.1) is 11.7 Å². The predicted octanol–water partition coefficient (Wildman–Crippen LogP) is 5.44. The fourth-order valence-electron chi connectivity index (χ4n) is 4.60. The smallest absolute Gasteiger partial charge is 0.223 e. The molecule has 3 aromatic rings. The van der Waals surface area contributed by atoms with Crippen molar-refractivity contribution in [2.24, 2.45) is 5.92 Å². The Kier molecular flexibility index (Phi) is 6.11. The van der Waals surface area contributed by atoms with Crippen molar-refractivity contribution in [1.29, 1.82) is 0 Å². The molecule has 1 N–H and O–H groups in total. The second kappa shape index (κ2) is 9.48. The molecule has 7 heteroatoms. The second-order valence-corrected chi connectivity index (χ2v) is 8.58. The molecule has 1 saturated heterocycles. The lowest BCUT2D eigenvalue weighted by atomic mass is 10.0. The highest BCUT2D eigenvalue weighted by Gasteiger charge is 2.33. The quantitative estimate of drug-likeness (QED) is 0.514. The maximum atomic E-state index is 13.7. The van der Waals surface area contributed by atoms with Crippen molar-refractivity contribution in [3.63, 3.8) is 0 Å². The number of hydrogen-bond donors (Lipinski definition) is 1. The van der Waals surface area contributed by atoms with E-state index in [1.165, 1.54) is 12.1 Å². The topological polar surface area (TPSA) is 71.0 Å². The van der Waals surface area contributed by atoms with Gasteiger partial charge in [0, 0.05) is 42.7 Å². The first-order valence-corrected chi connectivity index (χ1v) is 11.4. The van der Waals surface area contributed by atoms with E-state index >= 15 is 0 Å².